The Kier molecular flexibility index (Phi) is 3.66. The average Bonchev–Trinajstić information content (AvgIpc) is 2.90. The van der Waals surface area contributed by atoms with Crippen LogP contribution in [0.4, 0.5) is 5.82 Å². The Morgan fingerprint density at radius 2 is 2.29 bits per heavy atom. The zero-order valence-corrected chi connectivity index (χ0v) is 10.3. The van der Waals surface area contributed by atoms with Crippen LogP contribution in [0.3, 0.4) is 0 Å². The summed E-state index contributed by atoms with van der Waals surface area (Å²) in [4.78, 5) is 11.7. The first kappa shape index (κ1) is 12.0. The summed E-state index contributed by atoms with van der Waals surface area (Å²) in [5.74, 6) is 1.33. The number of carbonyl (C=O) groups excluding carboxylic acids is 1. The molecule has 0 unspecified atom stereocenters. The Labute approximate surface area is 101 Å². The molecule has 0 atom stereocenters. The van der Waals surface area contributed by atoms with Gasteiger partial charge in [-0.25, -0.2) is 0 Å². The van der Waals surface area contributed by atoms with E-state index in [0.717, 1.165) is 5.56 Å². The summed E-state index contributed by atoms with van der Waals surface area (Å²) in [6.45, 7) is 0.477. The summed E-state index contributed by atoms with van der Waals surface area (Å²) in [6.07, 6.45) is 7.29. The fraction of sp³-hybridized carbons (Fsp3) is 0.667. The van der Waals surface area contributed by atoms with Gasteiger partial charge in [-0.3, -0.25) is 9.48 Å². The van der Waals surface area contributed by atoms with Crippen LogP contribution in [0.2, 0.25) is 0 Å². The van der Waals surface area contributed by atoms with E-state index in [1.54, 1.807) is 17.9 Å². The molecule has 1 aromatic heterocycles. The Balaban J connectivity index is 1.77. The van der Waals surface area contributed by atoms with E-state index in [9.17, 15) is 4.79 Å². The SMILES string of the molecule is Cn1ncc(CNC(=O)CC2CCCC2)c1N. The number of nitrogens with two attached hydrogens (primary N) is 1. The lowest BCUT2D eigenvalue weighted by Crippen LogP contribution is -2.24. The molecule has 1 amide bonds. The summed E-state index contributed by atoms with van der Waals surface area (Å²) < 4.78 is 1.61. The van der Waals surface area contributed by atoms with Crippen LogP contribution in [-0.2, 0) is 18.4 Å². The van der Waals surface area contributed by atoms with Crippen molar-refractivity contribution in [3.8, 4) is 0 Å². The third kappa shape index (κ3) is 2.99. The van der Waals surface area contributed by atoms with Gasteiger partial charge < -0.3 is 11.1 Å². The second-order valence-electron chi connectivity index (χ2n) is 4.81. The largest absolute Gasteiger partial charge is 0.384 e. The van der Waals surface area contributed by atoms with Gasteiger partial charge >= 0.3 is 0 Å². The third-order valence-electron chi connectivity index (χ3n) is 3.49. The number of aromatic nitrogens is 2. The number of carbonyl (C=O) groups is 1. The molecular weight excluding hydrogens is 216 g/mol. The molecule has 0 saturated heterocycles. The van der Waals surface area contributed by atoms with Crippen molar-refractivity contribution in [2.45, 2.75) is 38.6 Å². The highest BCUT2D eigenvalue weighted by Gasteiger charge is 2.18. The van der Waals surface area contributed by atoms with E-state index in [0.29, 0.717) is 24.7 Å². The van der Waals surface area contributed by atoms with Crippen LogP contribution in [0.25, 0.3) is 0 Å². The molecule has 0 spiro atoms. The number of anilines is 1. The van der Waals surface area contributed by atoms with Crippen molar-refractivity contribution in [1.82, 2.24) is 15.1 Å². The Morgan fingerprint density at radius 3 is 2.88 bits per heavy atom. The van der Waals surface area contributed by atoms with Crippen molar-refractivity contribution in [2.75, 3.05) is 5.73 Å². The number of nitrogens with one attached hydrogen (secondary N) is 1. The van der Waals surface area contributed by atoms with Crippen LogP contribution < -0.4 is 11.1 Å². The van der Waals surface area contributed by atoms with Gasteiger partial charge in [-0.2, -0.15) is 5.10 Å². The first-order valence-electron chi connectivity index (χ1n) is 6.20. The van der Waals surface area contributed by atoms with E-state index in [-0.39, 0.29) is 5.91 Å². The quantitative estimate of drug-likeness (QED) is 0.825. The topological polar surface area (TPSA) is 72.9 Å². The molecule has 1 aliphatic carbocycles. The van der Waals surface area contributed by atoms with Crippen molar-refractivity contribution in [3.05, 3.63) is 11.8 Å². The van der Waals surface area contributed by atoms with Crippen LogP contribution in [0, 0.1) is 5.92 Å². The van der Waals surface area contributed by atoms with Gasteiger partial charge in [0.15, 0.2) is 0 Å². The lowest BCUT2D eigenvalue weighted by Gasteiger charge is -2.09. The minimum Gasteiger partial charge on any atom is -0.384 e. The van der Waals surface area contributed by atoms with Gasteiger partial charge in [-0.05, 0) is 18.8 Å². The summed E-state index contributed by atoms with van der Waals surface area (Å²) in [6, 6.07) is 0. The van der Waals surface area contributed by atoms with Gasteiger partial charge in [0, 0.05) is 25.6 Å². The number of hydrogen-bond donors (Lipinski definition) is 2. The van der Waals surface area contributed by atoms with Crippen molar-refractivity contribution >= 4 is 11.7 Å². The van der Waals surface area contributed by atoms with E-state index in [2.05, 4.69) is 10.4 Å². The van der Waals surface area contributed by atoms with Crippen LogP contribution in [0.15, 0.2) is 6.20 Å². The maximum absolute atomic E-state index is 11.7. The summed E-state index contributed by atoms with van der Waals surface area (Å²) in [5, 5.41) is 6.95. The first-order valence-corrected chi connectivity index (χ1v) is 6.20. The zero-order chi connectivity index (χ0) is 12.3. The molecule has 3 N–H and O–H groups in total. The third-order valence-corrected chi connectivity index (χ3v) is 3.49. The fourth-order valence-electron chi connectivity index (χ4n) is 2.37. The van der Waals surface area contributed by atoms with Gasteiger partial charge in [0.05, 0.1) is 6.20 Å². The van der Waals surface area contributed by atoms with Crippen molar-refractivity contribution in [2.24, 2.45) is 13.0 Å². The van der Waals surface area contributed by atoms with E-state index >= 15 is 0 Å². The summed E-state index contributed by atoms with van der Waals surface area (Å²) >= 11 is 0. The predicted molar refractivity (Wildman–Crippen MR) is 66.0 cm³/mol. The average molecular weight is 236 g/mol. The first-order chi connectivity index (χ1) is 8.16. The zero-order valence-electron chi connectivity index (χ0n) is 10.3. The van der Waals surface area contributed by atoms with E-state index in [1.165, 1.54) is 25.7 Å². The molecule has 1 aromatic rings. The predicted octanol–water partition coefficient (Wildman–Crippen LogP) is 1.20. The number of hydrogen-bond acceptors (Lipinski definition) is 3. The summed E-state index contributed by atoms with van der Waals surface area (Å²) in [7, 11) is 1.79. The molecule has 17 heavy (non-hydrogen) atoms. The lowest BCUT2D eigenvalue weighted by molar-refractivity contribution is -0.122. The number of nitrogen functional groups attached to an aromatic ring is 1. The maximum atomic E-state index is 11.7. The molecule has 5 heteroatoms. The van der Waals surface area contributed by atoms with Gasteiger partial charge in [0.1, 0.15) is 5.82 Å². The smallest absolute Gasteiger partial charge is 0.220 e. The Morgan fingerprint density at radius 1 is 1.59 bits per heavy atom. The van der Waals surface area contributed by atoms with E-state index < -0.39 is 0 Å². The highest BCUT2D eigenvalue weighted by atomic mass is 16.1. The fourth-order valence-corrected chi connectivity index (χ4v) is 2.37. The second-order valence-corrected chi connectivity index (χ2v) is 4.81. The van der Waals surface area contributed by atoms with Gasteiger partial charge in [0.25, 0.3) is 0 Å². The molecule has 0 aliphatic heterocycles. The van der Waals surface area contributed by atoms with Gasteiger partial charge in [-0.1, -0.05) is 12.8 Å². The van der Waals surface area contributed by atoms with Gasteiger partial charge in [0.2, 0.25) is 5.91 Å². The van der Waals surface area contributed by atoms with E-state index in [1.807, 2.05) is 0 Å². The van der Waals surface area contributed by atoms with Crippen LogP contribution in [0.5, 0.6) is 0 Å². The highest BCUT2D eigenvalue weighted by Crippen LogP contribution is 2.27. The standard InChI is InChI=1S/C12H20N4O/c1-16-12(13)10(8-15-16)7-14-11(17)6-9-4-2-3-5-9/h8-9H,2-7,13H2,1H3,(H,14,17). The molecule has 0 aromatic carbocycles. The minimum atomic E-state index is 0.125. The lowest BCUT2D eigenvalue weighted by atomic mass is 10.0. The number of amides is 1. The number of rotatable bonds is 4. The van der Waals surface area contributed by atoms with E-state index in [4.69, 9.17) is 5.73 Å². The molecule has 1 heterocycles. The van der Waals surface area contributed by atoms with Crippen LogP contribution in [-0.4, -0.2) is 15.7 Å². The molecule has 5 nitrogen and oxygen atoms in total. The Hall–Kier alpha value is -1.52. The monoisotopic (exact) mass is 236 g/mol. The van der Waals surface area contributed by atoms with Crippen molar-refractivity contribution in [1.29, 1.82) is 0 Å². The van der Waals surface area contributed by atoms with Gasteiger partial charge in [-0.15, -0.1) is 0 Å². The molecular formula is C12H20N4O. The molecule has 0 bridgehead atoms. The normalized spacial score (nSPS) is 16.3. The molecule has 1 fully saturated rings. The molecule has 94 valence electrons. The second kappa shape index (κ2) is 5.21. The number of nitrogens with zero attached hydrogens (tertiary/aromatic N) is 2. The molecule has 1 saturated carbocycles. The molecule has 1 aliphatic rings. The minimum absolute atomic E-state index is 0.125. The van der Waals surface area contributed by atoms with Crippen molar-refractivity contribution < 1.29 is 4.79 Å². The maximum Gasteiger partial charge on any atom is 0.220 e. The van der Waals surface area contributed by atoms with Crippen molar-refractivity contribution in [3.63, 3.8) is 0 Å². The number of aryl methyl sites for hydroxylation is 1. The summed E-state index contributed by atoms with van der Waals surface area (Å²) in [5.41, 5.74) is 6.68. The Bertz CT molecular complexity index is 393. The van der Waals surface area contributed by atoms with Crippen LogP contribution in [0.1, 0.15) is 37.7 Å². The highest BCUT2D eigenvalue weighted by molar-refractivity contribution is 5.76. The van der Waals surface area contributed by atoms with Crippen LogP contribution >= 0.6 is 0 Å². The molecule has 0 radical (unpaired) electrons. The molecule has 2 rings (SSSR count).